The predicted octanol–water partition coefficient (Wildman–Crippen LogP) is 2.83. The summed E-state index contributed by atoms with van der Waals surface area (Å²) in [6.07, 6.45) is 4.41. The van der Waals surface area contributed by atoms with Crippen LogP contribution >= 0.6 is 0 Å². The normalized spacial score (nSPS) is 10.1. The number of hydrogen-bond acceptors (Lipinski definition) is 7. The Morgan fingerprint density at radius 1 is 0.957 bits per heavy atom. The van der Waals surface area contributed by atoms with E-state index in [2.05, 4.69) is 26.5 Å². The van der Waals surface area contributed by atoms with Crippen molar-refractivity contribution in [2.75, 3.05) is 5.73 Å². The largest absolute Gasteiger partial charge is 0.448 e. The van der Waals surface area contributed by atoms with Gasteiger partial charge in [-0.2, -0.15) is 4.98 Å². The maximum Gasteiger partial charge on any atom is 0.268 e. The minimum absolute atomic E-state index is 0.114. The number of hydrogen-bond donors (Lipinski definition) is 1. The zero-order valence-electron chi connectivity index (χ0n) is 12.1. The maximum absolute atomic E-state index is 5.99. The van der Waals surface area contributed by atoms with Crippen LogP contribution in [-0.4, -0.2) is 19.9 Å². The molecule has 3 rings (SSSR count). The molecule has 0 amide bonds. The summed E-state index contributed by atoms with van der Waals surface area (Å²) in [5, 5.41) is 0. The van der Waals surface area contributed by atoms with E-state index in [1.807, 2.05) is 18.2 Å². The van der Waals surface area contributed by atoms with E-state index >= 15 is 0 Å². The van der Waals surface area contributed by atoms with E-state index in [1.54, 1.807) is 30.6 Å². The fourth-order valence-electron chi connectivity index (χ4n) is 1.82. The highest BCUT2D eigenvalue weighted by Crippen LogP contribution is 2.35. The van der Waals surface area contributed by atoms with E-state index in [0.717, 1.165) is 0 Å². The number of nitrogen functional groups attached to an aromatic ring is 1. The molecule has 2 aromatic heterocycles. The second kappa shape index (κ2) is 6.52. The number of para-hydroxylation sites is 1. The van der Waals surface area contributed by atoms with Gasteiger partial charge in [-0.25, -0.2) is 15.0 Å². The average Bonchev–Trinajstić information content (AvgIpc) is 2.59. The van der Waals surface area contributed by atoms with Gasteiger partial charge in [-0.15, -0.1) is 0 Å². The second-order valence-electron chi connectivity index (χ2n) is 4.34. The molecule has 0 unspecified atom stereocenters. The van der Waals surface area contributed by atoms with E-state index in [9.17, 15) is 0 Å². The summed E-state index contributed by atoms with van der Waals surface area (Å²) in [5.74, 6) is 1.61. The third-order valence-corrected chi connectivity index (χ3v) is 2.78. The monoisotopic (exact) mass is 307 g/mol. The Morgan fingerprint density at radius 3 is 2.39 bits per heavy atom. The fourth-order valence-corrected chi connectivity index (χ4v) is 1.82. The Hall–Kier alpha value is -3.48. The van der Waals surface area contributed by atoms with Gasteiger partial charge >= 0.3 is 0 Å². The molecule has 7 heteroatoms. The third kappa shape index (κ3) is 3.24. The highest BCUT2D eigenvalue weighted by Gasteiger charge is 2.18. The van der Waals surface area contributed by atoms with E-state index in [4.69, 9.17) is 15.2 Å². The van der Waals surface area contributed by atoms with Crippen molar-refractivity contribution < 1.29 is 9.47 Å². The van der Waals surface area contributed by atoms with Gasteiger partial charge in [0.25, 0.3) is 5.88 Å². The molecule has 0 aliphatic rings. The van der Waals surface area contributed by atoms with E-state index < -0.39 is 0 Å². The van der Waals surface area contributed by atoms with Gasteiger partial charge < -0.3 is 15.2 Å². The van der Waals surface area contributed by atoms with Gasteiger partial charge in [0.05, 0.1) is 6.26 Å². The van der Waals surface area contributed by atoms with Gasteiger partial charge in [0.2, 0.25) is 11.6 Å². The molecule has 7 nitrogen and oxygen atoms in total. The van der Waals surface area contributed by atoms with Crippen LogP contribution < -0.4 is 15.2 Å². The van der Waals surface area contributed by atoms with E-state index in [-0.39, 0.29) is 23.3 Å². The average molecular weight is 307 g/mol. The Labute approximate surface area is 132 Å². The summed E-state index contributed by atoms with van der Waals surface area (Å²) in [6, 6.07) is 10.8. The molecule has 0 fully saturated rings. The van der Waals surface area contributed by atoms with E-state index in [0.29, 0.717) is 11.6 Å². The van der Waals surface area contributed by atoms with Crippen molar-refractivity contribution in [3.05, 3.63) is 61.6 Å². The number of anilines is 1. The Bertz CT molecular complexity index is 809. The molecular formula is C16H13N5O2. The molecule has 0 aliphatic heterocycles. The third-order valence-electron chi connectivity index (χ3n) is 2.78. The van der Waals surface area contributed by atoms with Crippen LogP contribution in [0.1, 0.15) is 0 Å². The zero-order valence-corrected chi connectivity index (χ0v) is 12.1. The fraction of sp³-hybridized carbons (Fsp3) is 0. The van der Waals surface area contributed by atoms with Crippen LogP contribution in [0.2, 0.25) is 0 Å². The van der Waals surface area contributed by atoms with Crippen molar-refractivity contribution in [1.82, 2.24) is 19.9 Å². The Morgan fingerprint density at radius 2 is 1.70 bits per heavy atom. The molecule has 2 heterocycles. The lowest BCUT2D eigenvalue weighted by Gasteiger charge is -2.12. The van der Waals surface area contributed by atoms with Gasteiger partial charge in [-0.05, 0) is 18.2 Å². The van der Waals surface area contributed by atoms with Crippen LogP contribution in [0, 0.1) is 0 Å². The summed E-state index contributed by atoms with van der Waals surface area (Å²) in [5.41, 5.74) is 5.99. The molecule has 114 valence electrons. The van der Waals surface area contributed by atoms with Gasteiger partial charge in [0, 0.05) is 12.4 Å². The predicted molar refractivity (Wildman–Crippen MR) is 84.8 cm³/mol. The molecule has 0 saturated carbocycles. The number of aromatic nitrogens is 4. The Kier molecular flexibility index (Phi) is 4.10. The van der Waals surface area contributed by atoms with Crippen LogP contribution in [-0.2, 0) is 0 Å². The molecular weight excluding hydrogens is 294 g/mol. The summed E-state index contributed by atoms with van der Waals surface area (Å²) in [7, 11) is 0. The number of nitrogens with two attached hydrogens (primary N) is 1. The number of rotatable bonds is 5. The summed E-state index contributed by atoms with van der Waals surface area (Å²) < 4.78 is 11.0. The highest BCUT2D eigenvalue weighted by molar-refractivity contribution is 5.59. The summed E-state index contributed by atoms with van der Waals surface area (Å²) in [6.45, 7) is 3.53. The topological polar surface area (TPSA) is 96.0 Å². The molecule has 0 spiro atoms. The molecule has 0 bridgehead atoms. The summed E-state index contributed by atoms with van der Waals surface area (Å²) in [4.78, 5) is 16.6. The molecule has 0 atom stereocenters. The minimum Gasteiger partial charge on any atom is -0.448 e. The first-order chi connectivity index (χ1) is 11.3. The molecule has 3 aromatic rings. The number of benzene rings is 1. The molecule has 0 radical (unpaired) electrons. The van der Waals surface area contributed by atoms with Gasteiger partial charge in [-0.3, -0.25) is 0 Å². The van der Waals surface area contributed by atoms with E-state index in [1.165, 1.54) is 6.26 Å². The first-order valence-electron chi connectivity index (χ1n) is 6.73. The Balaban J connectivity index is 2.04. The van der Waals surface area contributed by atoms with Gasteiger partial charge in [0.1, 0.15) is 5.75 Å². The van der Waals surface area contributed by atoms with Crippen molar-refractivity contribution >= 4 is 5.82 Å². The van der Waals surface area contributed by atoms with Crippen molar-refractivity contribution in [3.8, 4) is 29.0 Å². The highest BCUT2D eigenvalue weighted by atomic mass is 16.5. The lowest BCUT2D eigenvalue weighted by molar-refractivity contribution is 0.404. The van der Waals surface area contributed by atoms with Crippen LogP contribution in [0.25, 0.3) is 11.6 Å². The minimum atomic E-state index is 0.114. The van der Waals surface area contributed by atoms with Crippen molar-refractivity contribution in [3.63, 3.8) is 0 Å². The quantitative estimate of drug-likeness (QED) is 0.724. The number of nitrogens with zero attached hydrogens (tertiary/aromatic N) is 4. The SMILES string of the molecule is C=COc1nc(-c2ncccn2)nc(N)c1Oc1ccccc1. The molecule has 23 heavy (non-hydrogen) atoms. The lowest BCUT2D eigenvalue weighted by atomic mass is 10.3. The second-order valence-corrected chi connectivity index (χ2v) is 4.34. The lowest BCUT2D eigenvalue weighted by Crippen LogP contribution is -2.04. The van der Waals surface area contributed by atoms with Crippen LogP contribution in [0.5, 0.6) is 17.4 Å². The molecule has 1 aromatic carbocycles. The smallest absolute Gasteiger partial charge is 0.268 e. The molecule has 0 aliphatic carbocycles. The van der Waals surface area contributed by atoms with Crippen molar-refractivity contribution in [1.29, 1.82) is 0 Å². The van der Waals surface area contributed by atoms with Crippen LogP contribution in [0.15, 0.2) is 61.6 Å². The van der Waals surface area contributed by atoms with Gasteiger partial charge in [0.15, 0.2) is 11.6 Å². The van der Waals surface area contributed by atoms with Crippen LogP contribution in [0.4, 0.5) is 5.82 Å². The van der Waals surface area contributed by atoms with Crippen molar-refractivity contribution in [2.45, 2.75) is 0 Å². The first kappa shape index (κ1) is 14.5. The molecule has 2 N–H and O–H groups in total. The standard InChI is InChI=1S/C16H13N5O2/c1-2-22-16-12(23-11-7-4-3-5-8-11)13(17)20-15(21-16)14-18-9-6-10-19-14/h2-10H,1H2,(H2,17,20,21). The van der Waals surface area contributed by atoms with Crippen molar-refractivity contribution in [2.24, 2.45) is 0 Å². The van der Waals surface area contributed by atoms with Gasteiger partial charge in [-0.1, -0.05) is 24.8 Å². The van der Waals surface area contributed by atoms with Crippen LogP contribution in [0.3, 0.4) is 0 Å². The zero-order chi connectivity index (χ0) is 16.1. The maximum atomic E-state index is 5.99. The number of ether oxygens (including phenoxy) is 2. The molecule has 0 saturated heterocycles. The summed E-state index contributed by atoms with van der Waals surface area (Å²) >= 11 is 0. The first-order valence-corrected chi connectivity index (χ1v) is 6.73.